The highest BCUT2D eigenvalue weighted by Gasteiger charge is 2.25. The van der Waals surface area contributed by atoms with Crippen molar-refractivity contribution in [3.8, 4) is 18.4 Å². The van der Waals surface area contributed by atoms with Gasteiger partial charge in [0.2, 0.25) is 5.91 Å². The number of terminal acetylenes is 1. The molecule has 1 N–H and O–H groups in total. The van der Waals surface area contributed by atoms with Crippen molar-refractivity contribution in [1.82, 2.24) is 10.2 Å². The highest BCUT2D eigenvalue weighted by Crippen LogP contribution is 2.04. The van der Waals surface area contributed by atoms with Gasteiger partial charge < -0.3 is 10.2 Å². The Morgan fingerprint density at radius 3 is 3.15 bits per heavy atom. The van der Waals surface area contributed by atoms with Gasteiger partial charge >= 0.3 is 0 Å². The molecular formula is C9H11N3O. The van der Waals surface area contributed by atoms with Crippen LogP contribution < -0.4 is 5.32 Å². The maximum Gasteiger partial charge on any atom is 0.235 e. The third kappa shape index (κ3) is 2.21. The molecule has 1 unspecified atom stereocenters. The highest BCUT2D eigenvalue weighted by molar-refractivity contribution is 5.79. The van der Waals surface area contributed by atoms with Crippen LogP contribution in [0.2, 0.25) is 0 Å². The number of carbonyl (C=O) groups excluding carboxylic acids is 1. The normalized spacial score (nSPS) is 21.7. The first-order valence-electron chi connectivity index (χ1n) is 4.13. The predicted molar refractivity (Wildman–Crippen MR) is 47.4 cm³/mol. The van der Waals surface area contributed by atoms with E-state index in [-0.39, 0.29) is 18.4 Å². The summed E-state index contributed by atoms with van der Waals surface area (Å²) in [4.78, 5) is 12.9. The minimum absolute atomic E-state index is 0.0815. The van der Waals surface area contributed by atoms with Crippen molar-refractivity contribution in [2.24, 2.45) is 0 Å². The topological polar surface area (TPSA) is 56.1 Å². The van der Waals surface area contributed by atoms with Crippen LogP contribution in [0.25, 0.3) is 0 Å². The molecule has 1 rings (SSSR count). The Bertz CT molecular complexity index is 274. The van der Waals surface area contributed by atoms with E-state index in [2.05, 4.69) is 17.3 Å². The zero-order valence-corrected chi connectivity index (χ0v) is 7.29. The molecule has 1 heterocycles. The van der Waals surface area contributed by atoms with Gasteiger partial charge in [0.05, 0.1) is 12.5 Å². The number of rotatable bonds is 1. The summed E-state index contributed by atoms with van der Waals surface area (Å²) >= 11 is 0. The van der Waals surface area contributed by atoms with Gasteiger partial charge in [-0.15, -0.1) is 6.42 Å². The number of carbonyl (C=O) groups is 1. The minimum atomic E-state index is -0.366. The van der Waals surface area contributed by atoms with Crippen LogP contribution in [-0.2, 0) is 4.79 Å². The monoisotopic (exact) mass is 177 g/mol. The smallest absolute Gasteiger partial charge is 0.235 e. The fourth-order valence-corrected chi connectivity index (χ4v) is 1.31. The molecule has 4 heteroatoms. The second kappa shape index (κ2) is 4.49. The number of piperazine rings is 1. The molecule has 1 amide bonds. The van der Waals surface area contributed by atoms with Crippen LogP contribution in [0.3, 0.4) is 0 Å². The fraction of sp³-hybridized carbons (Fsp3) is 0.556. The Labute approximate surface area is 77.5 Å². The summed E-state index contributed by atoms with van der Waals surface area (Å²) in [5.41, 5.74) is 0. The summed E-state index contributed by atoms with van der Waals surface area (Å²) in [6, 6.07) is 1.70. The average molecular weight is 177 g/mol. The molecule has 68 valence electrons. The van der Waals surface area contributed by atoms with Gasteiger partial charge in [0.1, 0.15) is 6.04 Å². The Morgan fingerprint density at radius 1 is 1.77 bits per heavy atom. The van der Waals surface area contributed by atoms with Gasteiger partial charge in [0.15, 0.2) is 0 Å². The van der Waals surface area contributed by atoms with Crippen molar-refractivity contribution in [2.45, 2.75) is 12.5 Å². The highest BCUT2D eigenvalue weighted by atomic mass is 16.2. The van der Waals surface area contributed by atoms with Gasteiger partial charge in [-0.1, -0.05) is 5.92 Å². The molecule has 4 nitrogen and oxygen atoms in total. The van der Waals surface area contributed by atoms with E-state index in [4.69, 9.17) is 11.7 Å². The Hall–Kier alpha value is -1.52. The van der Waals surface area contributed by atoms with Crippen molar-refractivity contribution in [1.29, 1.82) is 5.26 Å². The van der Waals surface area contributed by atoms with E-state index in [1.807, 2.05) is 0 Å². The minimum Gasteiger partial charge on any atom is -0.323 e. The van der Waals surface area contributed by atoms with Crippen molar-refractivity contribution < 1.29 is 4.79 Å². The van der Waals surface area contributed by atoms with Gasteiger partial charge in [-0.05, 0) is 0 Å². The van der Waals surface area contributed by atoms with Gasteiger partial charge in [-0.25, -0.2) is 0 Å². The van der Waals surface area contributed by atoms with Crippen LogP contribution in [0.15, 0.2) is 0 Å². The number of nitrogens with zero attached hydrogens (tertiary/aromatic N) is 2. The molecule has 1 fully saturated rings. The first kappa shape index (κ1) is 9.57. The van der Waals surface area contributed by atoms with E-state index in [1.165, 1.54) is 4.90 Å². The summed E-state index contributed by atoms with van der Waals surface area (Å²) < 4.78 is 0. The van der Waals surface area contributed by atoms with Crippen LogP contribution >= 0.6 is 0 Å². The second-order valence-electron chi connectivity index (χ2n) is 2.82. The van der Waals surface area contributed by atoms with Crippen molar-refractivity contribution in [2.75, 3.05) is 19.6 Å². The summed E-state index contributed by atoms with van der Waals surface area (Å²) in [5, 5.41) is 11.8. The molecular weight excluding hydrogens is 166 g/mol. The third-order valence-electron chi connectivity index (χ3n) is 1.97. The fourth-order valence-electron chi connectivity index (χ4n) is 1.31. The standard InChI is InChI=1S/C9H11N3O/c1-2-3-9(13)12-5-4-11-7-8(12)6-10/h1,8,11H,3-5,7H2. The summed E-state index contributed by atoms with van der Waals surface area (Å²) in [6.45, 7) is 1.83. The van der Waals surface area contributed by atoms with Crippen LogP contribution in [0.5, 0.6) is 0 Å². The zero-order chi connectivity index (χ0) is 9.68. The van der Waals surface area contributed by atoms with E-state index in [1.54, 1.807) is 0 Å². The molecule has 1 aliphatic rings. The molecule has 0 aliphatic carbocycles. The number of hydrogen-bond donors (Lipinski definition) is 1. The zero-order valence-electron chi connectivity index (χ0n) is 7.29. The van der Waals surface area contributed by atoms with E-state index < -0.39 is 0 Å². The van der Waals surface area contributed by atoms with Crippen LogP contribution in [0.1, 0.15) is 6.42 Å². The third-order valence-corrected chi connectivity index (χ3v) is 1.97. The predicted octanol–water partition coefficient (Wildman–Crippen LogP) is -0.666. The van der Waals surface area contributed by atoms with E-state index >= 15 is 0 Å². The molecule has 0 aromatic rings. The SMILES string of the molecule is C#CCC(=O)N1CCNCC1C#N. The van der Waals surface area contributed by atoms with Crippen molar-refractivity contribution in [3.05, 3.63) is 0 Å². The molecule has 0 aromatic carbocycles. The van der Waals surface area contributed by atoms with Crippen molar-refractivity contribution in [3.63, 3.8) is 0 Å². The van der Waals surface area contributed by atoms with Gasteiger partial charge in [0.25, 0.3) is 0 Å². The lowest BCUT2D eigenvalue weighted by atomic mass is 10.2. The molecule has 13 heavy (non-hydrogen) atoms. The lowest BCUT2D eigenvalue weighted by Gasteiger charge is -2.31. The Kier molecular flexibility index (Phi) is 3.31. The number of nitriles is 1. The Morgan fingerprint density at radius 2 is 2.54 bits per heavy atom. The lowest BCUT2D eigenvalue weighted by molar-refractivity contribution is -0.132. The van der Waals surface area contributed by atoms with E-state index in [0.717, 1.165) is 6.54 Å². The average Bonchev–Trinajstić information content (AvgIpc) is 2.18. The van der Waals surface area contributed by atoms with Gasteiger partial charge in [-0.3, -0.25) is 4.79 Å². The first-order chi connectivity index (χ1) is 6.29. The summed E-state index contributed by atoms with van der Waals surface area (Å²) in [7, 11) is 0. The first-order valence-corrected chi connectivity index (χ1v) is 4.13. The summed E-state index contributed by atoms with van der Waals surface area (Å²) in [6.07, 6.45) is 5.11. The number of amides is 1. The number of nitrogens with one attached hydrogen (secondary N) is 1. The molecule has 0 bridgehead atoms. The second-order valence-corrected chi connectivity index (χ2v) is 2.82. The quantitative estimate of drug-likeness (QED) is 0.541. The van der Waals surface area contributed by atoms with Crippen LogP contribution in [-0.4, -0.2) is 36.5 Å². The molecule has 0 radical (unpaired) electrons. The number of hydrogen-bond acceptors (Lipinski definition) is 3. The largest absolute Gasteiger partial charge is 0.323 e. The van der Waals surface area contributed by atoms with Crippen LogP contribution in [0.4, 0.5) is 0 Å². The maximum absolute atomic E-state index is 11.4. The molecule has 0 spiro atoms. The van der Waals surface area contributed by atoms with Crippen molar-refractivity contribution >= 4 is 5.91 Å². The molecule has 0 saturated carbocycles. The molecule has 1 saturated heterocycles. The Balaban J connectivity index is 2.61. The molecule has 0 aromatic heterocycles. The molecule has 1 aliphatic heterocycles. The van der Waals surface area contributed by atoms with Crippen LogP contribution in [0, 0.1) is 23.7 Å². The van der Waals surface area contributed by atoms with Gasteiger partial charge in [-0.2, -0.15) is 5.26 Å². The summed E-state index contributed by atoms with van der Waals surface area (Å²) in [5.74, 6) is 2.16. The van der Waals surface area contributed by atoms with E-state index in [0.29, 0.717) is 13.1 Å². The molecule has 1 atom stereocenters. The van der Waals surface area contributed by atoms with E-state index in [9.17, 15) is 4.79 Å². The maximum atomic E-state index is 11.4. The van der Waals surface area contributed by atoms with Gasteiger partial charge in [0, 0.05) is 19.6 Å². The lowest BCUT2D eigenvalue weighted by Crippen LogP contribution is -2.52.